The molecule has 26 heavy (non-hydrogen) atoms. The molecule has 0 atom stereocenters. The number of amides is 1. The number of carbonyl (C=O) groups excluding carboxylic acids is 1. The predicted molar refractivity (Wildman–Crippen MR) is 97.3 cm³/mol. The van der Waals surface area contributed by atoms with Gasteiger partial charge in [-0.25, -0.2) is 12.8 Å². The fourth-order valence-electron chi connectivity index (χ4n) is 3.29. The van der Waals surface area contributed by atoms with Crippen LogP contribution in [0.1, 0.15) is 40.2 Å². The molecule has 0 spiro atoms. The number of hydrogen-bond donors (Lipinski definition) is 2. The number of halogens is 1. The van der Waals surface area contributed by atoms with Gasteiger partial charge in [0.05, 0.1) is 11.3 Å². The van der Waals surface area contributed by atoms with Crippen molar-refractivity contribution in [2.45, 2.75) is 38.5 Å². The average Bonchev–Trinajstić information content (AvgIpc) is 3.18. The van der Waals surface area contributed by atoms with Crippen LogP contribution >= 0.6 is 0 Å². The lowest BCUT2D eigenvalue weighted by molar-refractivity contribution is 0.0788. The standard InChI is InChI=1S/C18H22FN3O3S/c1-11-6-7-14(10-15(11)19)21-26(24,25)17-13(3)20-12(2)16(17)18(23)22-8-4-5-9-22/h6-7,10,20-21H,4-5,8-9H2,1-3H3. The summed E-state index contributed by atoms with van der Waals surface area (Å²) in [6.07, 6.45) is 1.83. The van der Waals surface area contributed by atoms with Gasteiger partial charge in [-0.3, -0.25) is 9.52 Å². The smallest absolute Gasteiger partial charge is 0.264 e. The second-order valence-electron chi connectivity index (χ2n) is 6.65. The van der Waals surface area contributed by atoms with Crippen molar-refractivity contribution in [2.75, 3.05) is 17.8 Å². The molecule has 1 amide bonds. The third-order valence-corrected chi connectivity index (χ3v) is 6.17. The quantitative estimate of drug-likeness (QED) is 0.856. The number of H-pyrrole nitrogens is 1. The molecule has 1 aliphatic rings. The lowest BCUT2D eigenvalue weighted by Crippen LogP contribution is -2.29. The summed E-state index contributed by atoms with van der Waals surface area (Å²) in [5.41, 5.74) is 1.59. The van der Waals surface area contributed by atoms with Crippen LogP contribution in [-0.4, -0.2) is 37.3 Å². The minimum absolute atomic E-state index is 0.0760. The van der Waals surface area contributed by atoms with E-state index in [2.05, 4.69) is 9.71 Å². The minimum atomic E-state index is -4.05. The van der Waals surface area contributed by atoms with Crippen LogP contribution in [0.25, 0.3) is 0 Å². The predicted octanol–water partition coefficient (Wildman–Crippen LogP) is 3.12. The van der Waals surface area contributed by atoms with Gasteiger partial charge in [-0.2, -0.15) is 0 Å². The number of aryl methyl sites for hydroxylation is 3. The van der Waals surface area contributed by atoms with E-state index in [-0.39, 0.29) is 22.1 Å². The van der Waals surface area contributed by atoms with Crippen LogP contribution in [0.4, 0.5) is 10.1 Å². The molecule has 0 radical (unpaired) electrons. The van der Waals surface area contributed by atoms with Crippen molar-refractivity contribution in [1.82, 2.24) is 9.88 Å². The average molecular weight is 379 g/mol. The van der Waals surface area contributed by atoms with E-state index in [0.717, 1.165) is 18.9 Å². The first-order valence-electron chi connectivity index (χ1n) is 8.48. The first-order chi connectivity index (χ1) is 12.2. The Kier molecular flexibility index (Phi) is 4.79. The molecule has 140 valence electrons. The zero-order chi connectivity index (χ0) is 19.1. The number of carbonyl (C=O) groups is 1. The Balaban J connectivity index is 2.01. The van der Waals surface area contributed by atoms with Crippen LogP contribution in [0.3, 0.4) is 0 Å². The highest BCUT2D eigenvalue weighted by Crippen LogP contribution is 2.28. The van der Waals surface area contributed by atoms with Gasteiger partial charge in [0.25, 0.3) is 15.9 Å². The summed E-state index contributed by atoms with van der Waals surface area (Å²) < 4.78 is 42.0. The maximum Gasteiger partial charge on any atom is 0.264 e. The van der Waals surface area contributed by atoms with E-state index in [9.17, 15) is 17.6 Å². The Morgan fingerprint density at radius 2 is 1.81 bits per heavy atom. The van der Waals surface area contributed by atoms with E-state index < -0.39 is 15.8 Å². The van der Waals surface area contributed by atoms with Gasteiger partial charge in [0.1, 0.15) is 10.7 Å². The third-order valence-electron chi connectivity index (χ3n) is 4.62. The van der Waals surface area contributed by atoms with Crippen molar-refractivity contribution in [3.8, 4) is 0 Å². The highest BCUT2D eigenvalue weighted by molar-refractivity contribution is 7.92. The van der Waals surface area contributed by atoms with Gasteiger partial charge in [0.2, 0.25) is 0 Å². The molecule has 0 aliphatic carbocycles. The fourth-order valence-corrected chi connectivity index (χ4v) is 4.80. The van der Waals surface area contributed by atoms with Gasteiger partial charge < -0.3 is 9.88 Å². The Labute approximate surface area is 152 Å². The summed E-state index contributed by atoms with van der Waals surface area (Å²) in [6, 6.07) is 4.12. The topological polar surface area (TPSA) is 82.3 Å². The molecule has 8 heteroatoms. The van der Waals surface area contributed by atoms with Crippen LogP contribution in [0.2, 0.25) is 0 Å². The van der Waals surface area contributed by atoms with E-state index in [1.807, 2.05) is 0 Å². The molecule has 0 bridgehead atoms. The lowest BCUT2D eigenvalue weighted by atomic mass is 10.2. The SMILES string of the molecule is Cc1ccc(NS(=O)(=O)c2c(C)[nH]c(C)c2C(=O)N2CCCC2)cc1F. The van der Waals surface area contributed by atoms with Gasteiger partial charge in [0, 0.05) is 24.5 Å². The zero-order valence-electron chi connectivity index (χ0n) is 15.0. The van der Waals surface area contributed by atoms with E-state index in [1.165, 1.54) is 12.1 Å². The largest absolute Gasteiger partial charge is 0.361 e. The van der Waals surface area contributed by atoms with Gasteiger partial charge in [0.15, 0.2) is 0 Å². The summed E-state index contributed by atoms with van der Waals surface area (Å²) in [4.78, 5) is 17.4. The Bertz CT molecular complexity index is 960. The number of nitrogens with zero attached hydrogens (tertiary/aromatic N) is 1. The van der Waals surface area contributed by atoms with Crippen molar-refractivity contribution in [1.29, 1.82) is 0 Å². The van der Waals surface area contributed by atoms with Crippen LogP contribution in [-0.2, 0) is 10.0 Å². The maximum atomic E-state index is 13.8. The molecule has 0 saturated carbocycles. The summed E-state index contributed by atoms with van der Waals surface area (Å²) >= 11 is 0. The molecule has 2 N–H and O–H groups in total. The van der Waals surface area contributed by atoms with Crippen molar-refractivity contribution < 1.29 is 17.6 Å². The van der Waals surface area contributed by atoms with Crippen LogP contribution in [0.15, 0.2) is 23.1 Å². The van der Waals surface area contributed by atoms with Gasteiger partial charge in [-0.05, 0) is 51.3 Å². The number of benzene rings is 1. The summed E-state index contributed by atoms with van der Waals surface area (Å²) in [5.74, 6) is -0.791. The third kappa shape index (κ3) is 3.33. The molecule has 2 heterocycles. The van der Waals surface area contributed by atoms with E-state index in [4.69, 9.17) is 0 Å². The van der Waals surface area contributed by atoms with Crippen LogP contribution in [0.5, 0.6) is 0 Å². The molecule has 1 aromatic carbocycles. The molecule has 2 aromatic rings. The van der Waals surface area contributed by atoms with E-state index in [0.29, 0.717) is 30.0 Å². The molecular weight excluding hydrogens is 357 g/mol. The van der Waals surface area contributed by atoms with E-state index >= 15 is 0 Å². The number of likely N-dealkylation sites (tertiary alicyclic amines) is 1. The second kappa shape index (κ2) is 6.75. The van der Waals surface area contributed by atoms with Crippen molar-refractivity contribution >= 4 is 21.6 Å². The fraction of sp³-hybridized carbons (Fsp3) is 0.389. The number of rotatable bonds is 4. The van der Waals surface area contributed by atoms with Crippen LogP contribution < -0.4 is 4.72 Å². The van der Waals surface area contributed by atoms with Crippen molar-refractivity contribution in [2.24, 2.45) is 0 Å². The number of sulfonamides is 1. The monoisotopic (exact) mass is 379 g/mol. The Morgan fingerprint density at radius 1 is 1.15 bits per heavy atom. The van der Waals surface area contributed by atoms with Gasteiger partial charge in [-0.15, -0.1) is 0 Å². The number of nitrogens with one attached hydrogen (secondary N) is 2. The maximum absolute atomic E-state index is 13.8. The Morgan fingerprint density at radius 3 is 2.42 bits per heavy atom. The molecule has 3 rings (SSSR count). The highest BCUT2D eigenvalue weighted by atomic mass is 32.2. The first-order valence-corrected chi connectivity index (χ1v) is 9.96. The number of aromatic amines is 1. The van der Waals surface area contributed by atoms with Crippen molar-refractivity contribution in [3.05, 3.63) is 46.5 Å². The normalized spacial score (nSPS) is 14.7. The summed E-state index contributed by atoms with van der Waals surface area (Å²) in [7, 11) is -4.05. The van der Waals surface area contributed by atoms with Gasteiger partial charge >= 0.3 is 0 Å². The lowest BCUT2D eigenvalue weighted by Gasteiger charge is -2.17. The molecule has 0 unspecified atom stereocenters. The first kappa shape index (κ1) is 18.4. The molecule has 1 saturated heterocycles. The van der Waals surface area contributed by atoms with E-state index in [1.54, 1.807) is 25.7 Å². The molecule has 1 fully saturated rings. The number of aromatic nitrogens is 1. The second-order valence-corrected chi connectivity index (χ2v) is 8.27. The highest BCUT2D eigenvalue weighted by Gasteiger charge is 2.32. The Hall–Kier alpha value is -2.35. The summed E-state index contributed by atoms with van der Waals surface area (Å²) in [5, 5.41) is 0. The number of anilines is 1. The zero-order valence-corrected chi connectivity index (χ0v) is 15.8. The molecule has 1 aromatic heterocycles. The molecule has 6 nitrogen and oxygen atoms in total. The molecule has 1 aliphatic heterocycles. The summed E-state index contributed by atoms with van der Waals surface area (Å²) in [6.45, 7) is 6.14. The van der Waals surface area contributed by atoms with Crippen molar-refractivity contribution in [3.63, 3.8) is 0 Å². The minimum Gasteiger partial charge on any atom is -0.361 e. The van der Waals surface area contributed by atoms with Gasteiger partial charge in [-0.1, -0.05) is 6.07 Å². The number of hydrogen-bond acceptors (Lipinski definition) is 3. The van der Waals surface area contributed by atoms with Crippen LogP contribution in [0, 0.1) is 26.6 Å². The molecular formula is C18H22FN3O3S.